The highest BCUT2D eigenvalue weighted by molar-refractivity contribution is 6.44. The standard InChI is InChI=1S/C24H15F4N3O4/c1-35-16-5-2-4-13(10-16)21(32)23(34)31-19-11-15(9-8-14(19)12-29-31)30-22(33)20-17(24(26,27)28)6-3-7-18(20)25/h2-12H,1H3,(H,30,33). The third-order valence-corrected chi connectivity index (χ3v) is 5.09. The van der Waals surface area contributed by atoms with Crippen molar-refractivity contribution in [1.82, 2.24) is 9.78 Å². The monoisotopic (exact) mass is 485 g/mol. The van der Waals surface area contributed by atoms with E-state index in [2.05, 4.69) is 10.4 Å². The van der Waals surface area contributed by atoms with Crippen molar-refractivity contribution in [2.45, 2.75) is 6.18 Å². The van der Waals surface area contributed by atoms with Crippen LogP contribution in [-0.2, 0) is 6.18 Å². The number of aromatic nitrogens is 2. The summed E-state index contributed by atoms with van der Waals surface area (Å²) in [4.78, 5) is 38.1. The van der Waals surface area contributed by atoms with E-state index in [4.69, 9.17) is 4.74 Å². The Balaban J connectivity index is 1.66. The molecule has 178 valence electrons. The third-order valence-electron chi connectivity index (χ3n) is 5.09. The first-order chi connectivity index (χ1) is 16.6. The number of carbonyl (C=O) groups is 3. The van der Waals surface area contributed by atoms with Crippen LogP contribution < -0.4 is 10.1 Å². The predicted octanol–water partition coefficient (Wildman–Crippen LogP) is 4.98. The third kappa shape index (κ3) is 4.60. The minimum atomic E-state index is -4.95. The Morgan fingerprint density at radius 3 is 2.46 bits per heavy atom. The Labute approximate surface area is 194 Å². The Hall–Kier alpha value is -4.54. The van der Waals surface area contributed by atoms with Crippen molar-refractivity contribution in [1.29, 1.82) is 0 Å². The van der Waals surface area contributed by atoms with E-state index in [9.17, 15) is 31.9 Å². The van der Waals surface area contributed by atoms with Crippen LogP contribution in [0.1, 0.15) is 31.1 Å². The van der Waals surface area contributed by atoms with Gasteiger partial charge in [-0.05, 0) is 42.5 Å². The molecule has 0 unspecified atom stereocenters. The fraction of sp³-hybridized carbons (Fsp3) is 0.0833. The molecule has 0 saturated carbocycles. The minimum absolute atomic E-state index is 0.0396. The highest BCUT2D eigenvalue weighted by Crippen LogP contribution is 2.33. The molecule has 0 saturated heterocycles. The fourth-order valence-corrected chi connectivity index (χ4v) is 3.43. The van der Waals surface area contributed by atoms with Crippen molar-refractivity contribution >= 4 is 34.2 Å². The summed E-state index contributed by atoms with van der Waals surface area (Å²) in [7, 11) is 1.40. The zero-order valence-electron chi connectivity index (χ0n) is 17.9. The average molecular weight is 485 g/mol. The van der Waals surface area contributed by atoms with E-state index in [1.54, 1.807) is 6.07 Å². The van der Waals surface area contributed by atoms with Crippen molar-refractivity contribution in [3.63, 3.8) is 0 Å². The van der Waals surface area contributed by atoms with Crippen LogP contribution in [0.4, 0.5) is 23.2 Å². The van der Waals surface area contributed by atoms with Gasteiger partial charge in [-0.1, -0.05) is 18.2 Å². The number of halogens is 4. The van der Waals surface area contributed by atoms with E-state index in [0.29, 0.717) is 17.2 Å². The summed E-state index contributed by atoms with van der Waals surface area (Å²) in [6.45, 7) is 0. The van der Waals surface area contributed by atoms with Gasteiger partial charge in [0.25, 0.3) is 11.7 Å². The van der Waals surface area contributed by atoms with Gasteiger partial charge in [0.05, 0.1) is 30.0 Å². The van der Waals surface area contributed by atoms with Crippen molar-refractivity contribution in [2.75, 3.05) is 12.4 Å². The molecular weight excluding hydrogens is 470 g/mol. The second kappa shape index (κ2) is 9.01. The Bertz CT molecular complexity index is 1480. The first kappa shape index (κ1) is 23.6. The number of alkyl halides is 3. The van der Waals surface area contributed by atoms with E-state index in [1.165, 1.54) is 49.7 Å². The number of carbonyl (C=O) groups excluding carboxylic acids is 3. The van der Waals surface area contributed by atoms with Gasteiger partial charge >= 0.3 is 12.1 Å². The Morgan fingerprint density at radius 2 is 1.74 bits per heavy atom. The van der Waals surface area contributed by atoms with Gasteiger partial charge < -0.3 is 10.1 Å². The number of ketones is 1. The maximum absolute atomic E-state index is 14.1. The van der Waals surface area contributed by atoms with Gasteiger partial charge in [-0.25, -0.2) is 4.39 Å². The lowest BCUT2D eigenvalue weighted by molar-refractivity contribution is -0.138. The number of methoxy groups -OCH3 is 1. The van der Waals surface area contributed by atoms with Crippen LogP contribution in [-0.4, -0.2) is 34.5 Å². The predicted molar refractivity (Wildman–Crippen MR) is 117 cm³/mol. The van der Waals surface area contributed by atoms with Crippen LogP contribution in [0, 0.1) is 5.82 Å². The molecule has 4 aromatic rings. The molecule has 3 aromatic carbocycles. The van der Waals surface area contributed by atoms with Gasteiger partial charge in [-0.3, -0.25) is 14.4 Å². The number of nitrogens with one attached hydrogen (secondary N) is 1. The molecule has 0 aliphatic carbocycles. The van der Waals surface area contributed by atoms with Crippen LogP contribution in [0.3, 0.4) is 0 Å². The van der Waals surface area contributed by atoms with E-state index < -0.39 is 40.7 Å². The summed E-state index contributed by atoms with van der Waals surface area (Å²) in [5, 5.41) is 6.53. The molecule has 35 heavy (non-hydrogen) atoms. The molecule has 0 aliphatic rings. The van der Waals surface area contributed by atoms with E-state index in [-0.39, 0.29) is 16.8 Å². The second-order valence-electron chi connectivity index (χ2n) is 7.31. The fourth-order valence-electron chi connectivity index (χ4n) is 3.43. The van der Waals surface area contributed by atoms with Gasteiger partial charge in [0, 0.05) is 16.6 Å². The van der Waals surface area contributed by atoms with Crippen LogP contribution >= 0.6 is 0 Å². The number of rotatable bonds is 5. The second-order valence-corrected chi connectivity index (χ2v) is 7.31. The van der Waals surface area contributed by atoms with Gasteiger partial charge in [-0.15, -0.1) is 0 Å². The summed E-state index contributed by atoms with van der Waals surface area (Å²) in [6.07, 6.45) is -3.65. The molecule has 1 aromatic heterocycles. The lowest BCUT2D eigenvalue weighted by Gasteiger charge is -2.13. The molecule has 1 heterocycles. The largest absolute Gasteiger partial charge is 0.497 e. The summed E-state index contributed by atoms with van der Waals surface area (Å²) >= 11 is 0. The zero-order valence-corrected chi connectivity index (χ0v) is 17.9. The van der Waals surface area contributed by atoms with Gasteiger partial charge in [0.2, 0.25) is 0 Å². The number of nitrogens with zero attached hydrogens (tertiary/aromatic N) is 2. The Kier molecular flexibility index (Phi) is 6.08. The maximum atomic E-state index is 14.1. The zero-order chi connectivity index (χ0) is 25.3. The highest BCUT2D eigenvalue weighted by Gasteiger charge is 2.36. The van der Waals surface area contributed by atoms with E-state index in [1.807, 2.05) is 0 Å². The number of ether oxygens (including phenoxy) is 1. The lowest BCUT2D eigenvalue weighted by atomic mass is 10.1. The van der Waals surface area contributed by atoms with Crippen LogP contribution in [0.15, 0.2) is 66.9 Å². The van der Waals surface area contributed by atoms with Crippen molar-refractivity contribution in [2.24, 2.45) is 0 Å². The van der Waals surface area contributed by atoms with Crippen molar-refractivity contribution < 1.29 is 36.7 Å². The van der Waals surface area contributed by atoms with Crippen LogP contribution in [0.25, 0.3) is 10.9 Å². The van der Waals surface area contributed by atoms with E-state index >= 15 is 0 Å². The topological polar surface area (TPSA) is 90.3 Å². The number of benzene rings is 3. The molecule has 0 fully saturated rings. The molecule has 0 spiro atoms. The molecule has 11 heteroatoms. The quantitative estimate of drug-likeness (QED) is 0.245. The normalized spacial score (nSPS) is 11.3. The van der Waals surface area contributed by atoms with Gasteiger partial charge in [-0.2, -0.15) is 23.0 Å². The van der Waals surface area contributed by atoms with Gasteiger partial charge in [0.15, 0.2) is 0 Å². The lowest BCUT2D eigenvalue weighted by Crippen LogP contribution is -2.23. The first-order valence-corrected chi connectivity index (χ1v) is 9.98. The molecule has 4 rings (SSSR count). The number of Topliss-reactive ketones (excluding diaryl/α,β-unsaturated/α-hetero) is 1. The molecule has 0 bridgehead atoms. The molecule has 7 nitrogen and oxygen atoms in total. The van der Waals surface area contributed by atoms with Crippen LogP contribution in [0.5, 0.6) is 5.75 Å². The summed E-state index contributed by atoms with van der Waals surface area (Å²) in [5.74, 6) is -4.21. The molecule has 0 aliphatic heterocycles. The molecule has 0 radical (unpaired) electrons. The summed E-state index contributed by atoms with van der Waals surface area (Å²) in [6, 6.07) is 12.1. The number of hydrogen-bond donors (Lipinski definition) is 1. The number of anilines is 1. The average Bonchev–Trinajstić information content (AvgIpc) is 3.25. The van der Waals surface area contributed by atoms with Gasteiger partial charge in [0.1, 0.15) is 11.6 Å². The molecule has 0 atom stereocenters. The molecule has 1 amide bonds. The Morgan fingerprint density at radius 1 is 1.00 bits per heavy atom. The number of amides is 1. The van der Waals surface area contributed by atoms with E-state index in [0.717, 1.165) is 16.8 Å². The van der Waals surface area contributed by atoms with Crippen molar-refractivity contribution in [3.05, 3.63) is 89.4 Å². The highest BCUT2D eigenvalue weighted by atomic mass is 19.4. The minimum Gasteiger partial charge on any atom is -0.497 e. The van der Waals surface area contributed by atoms with Crippen molar-refractivity contribution in [3.8, 4) is 5.75 Å². The van der Waals surface area contributed by atoms with Crippen LogP contribution in [0.2, 0.25) is 0 Å². The first-order valence-electron chi connectivity index (χ1n) is 9.98. The number of fused-ring (bicyclic) bond motifs is 1. The summed E-state index contributed by atoms with van der Waals surface area (Å²) < 4.78 is 59.8. The molecule has 1 N–H and O–H groups in total. The SMILES string of the molecule is COc1cccc(C(=O)C(=O)n2ncc3ccc(NC(=O)c4c(F)cccc4C(F)(F)F)cc32)c1. The molecular formula is C24H15F4N3O4. The number of hydrogen-bond acceptors (Lipinski definition) is 5. The summed E-state index contributed by atoms with van der Waals surface area (Å²) in [5.41, 5.74) is -2.48. The smallest absolute Gasteiger partial charge is 0.417 e. The maximum Gasteiger partial charge on any atom is 0.417 e.